The standard InChI is InChI=1S/C24H25F2N5O3/c25-16-8-3-2-7-15(16)24(26)12-19(24)30-23(34)18-10-5-11-31(18)20(32)13-29-17-9-4-1-6-14(17)21(27)22(28)33/h1-4,6-9,18-19,27,29H,5,10-13H2,(H2,28,33)(H,30,34). The Bertz CT molecular complexity index is 1160. The highest BCUT2D eigenvalue weighted by atomic mass is 19.2. The summed E-state index contributed by atoms with van der Waals surface area (Å²) in [5, 5.41) is 13.4. The molecule has 4 rings (SSSR count). The SMILES string of the molecule is N=C(C(N)=O)c1ccccc1NCC(=O)N1CCCC1C(=O)NC1CC1(F)c1ccccc1F. The number of halogens is 2. The van der Waals surface area contributed by atoms with Crippen molar-refractivity contribution in [1.29, 1.82) is 5.41 Å². The van der Waals surface area contributed by atoms with E-state index in [1.165, 1.54) is 23.1 Å². The van der Waals surface area contributed by atoms with Crippen molar-refractivity contribution < 1.29 is 23.2 Å². The van der Waals surface area contributed by atoms with Crippen LogP contribution in [-0.4, -0.2) is 53.5 Å². The van der Waals surface area contributed by atoms with E-state index in [1.807, 2.05) is 0 Å². The van der Waals surface area contributed by atoms with Gasteiger partial charge >= 0.3 is 0 Å². The fourth-order valence-corrected chi connectivity index (χ4v) is 4.37. The quantitative estimate of drug-likeness (QED) is 0.440. The second-order valence-corrected chi connectivity index (χ2v) is 8.49. The molecule has 1 aliphatic heterocycles. The van der Waals surface area contributed by atoms with Gasteiger partial charge in [0.05, 0.1) is 12.6 Å². The van der Waals surface area contributed by atoms with Gasteiger partial charge in [-0.15, -0.1) is 0 Å². The molecule has 10 heteroatoms. The number of carbonyl (C=O) groups excluding carboxylic acids is 3. The molecule has 2 aromatic carbocycles. The number of carbonyl (C=O) groups is 3. The van der Waals surface area contributed by atoms with Gasteiger partial charge in [-0.05, 0) is 25.0 Å². The number of anilines is 1. The molecule has 34 heavy (non-hydrogen) atoms. The van der Waals surface area contributed by atoms with Crippen LogP contribution in [0.5, 0.6) is 0 Å². The van der Waals surface area contributed by atoms with Crippen LogP contribution in [0.2, 0.25) is 0 Å². The molecule has 2 aromatic rings. The second-order valence-electron chi connectivity index (χ2n) is 8.49. The Morgan fingerprint density at radius 2 is 1.85 bits per heavy atom. The molecule has 1 aliphatic carbocycles. The minimum atomic E-state index is -1.95. The molecule has 0 bridgehead atoms. The summed E-state index contributed by atoms with van der Waals surface area (Å²) in [6.45, 7) is 0.203. The van der Waals surface area contributed by atoms with E-state index in [2.05, 4.69) is 10.6 Å². The van der Waals surface area contributed by atoms with E-state index < -0.39 is 35.4 Å². The van der Waals surface area contributed by atoms with Gasteiger partial charge in [0.1, 0.15) is 17.6 Å². The summed E-state index contributed by atoms with van der Waals surface area (Å²) >= 11 is 0. The summed E-state index contributed by atoms with van der Waals surface area (Å²) < 4.78 is 29.1. The third-order valence-corrected chi connectivity index (χ3v) is 6.28. The smallest absolute Gasteiger partial charge is 0.267 e. The van der Waals surface area contributed by atoms with Crippen LogP contribution in [0.15, 0.2) is 48.5 Å². The van der Waals surface area contributed by atoms with Crippen LogP contribution in [-0.2, 0) is 20.1 Å². The Hall–Kier alpha value is -3.82. The zero-order chi connectivity index (χ0) is 24.5. The van der Waals surface area contributed by atoms with Crippen LogP contribution in [0.3, 0.4) is 0 Å². The van der Waals surface area contributed by atoms with E-state index in [4.69, 9.17) is 11.1 Å². The molecule has 1 saturated carbocycles. The second kappa shape index (κ2) is 9.20. The molecular weight excluding hydrogens is 444 g/mol. The van der Waals surface area contributed by atoms with Gasteiger partial charge in [-0.3, -0.25) is 19.8 Å². The fraction of sp³-hybridized carbons (Fsp3) is 0.333. The first-order valence-electron chi connectivity index (χ1n) is 11.0. The van der Waals surface area contributed by atoms with Gasteiger partial charge in [-0.25, -0.2) is 8.78 Å². The number of para-hydroxylation sites is 1. The average Bonchev–Trinajstić information content (AvgIpc) is 3.22. The normalized spacial score (nSPS) is 23.3. The van der Waals surface area contributed by atoms with Gasteiger partial charge in [-0.1, -0.05) is 36.4 Å². The Morgan fingerprint density at radius 1 is 1.15 bits per heavy atom. The molecule has 1 heterocycles. The van der Waals surface area contributed by atoms with Crippen molar-refractivity contribution in [2.24, 2.45) is 5.73 Å². The number of rotatable bonds is 8. The average molecular weight is 469 g/mol. The highest BCUT2D eigenvalue weighted by Gasteiger charge is 2.59. The van der Waals surface area contributed by atoms with Crippen LogP contribution in [0.1, 0.15) is 30.4 Å². The molecule has 3 atom stereocenters. The van der Waals surface area contributed by atoms with E-state index >= 15 is 4.39 Å². The van der Waals surface area contributed by atoms with Gasteiger partial charge in [0, 0.05) is 29.8 Å². The number of benzene rings is 2. The predicted octanol–water partition coefficient (Wildman–Crippen LogP) is 1.84. The Morgan fingerprint density at radius 3 is 2.59 bits per heavy atom. The van der Waals surface area contributed by atoms with E-state index in [1.54, 1.807) is 30.3 Å². The summed E-state index contributed by atoms with van der Waals surface area (Å²) in [5.74, 6) is -2.37. The van der Waals surface area contributed by atoms with Crippen LogP contribution in [0.25, 0.3) is 0 Å². The molecule has 3 unspecified atom stereocenters. The summed E-state index contributed by atoms with van der Waals surface area (Å²) in [4.78, 5) is 38.5. The molecule has 0 aromatic heterocycles. The Labute approximate surface area is 195 Å². The summed E-state index contributed by atoms with van der Waals surface area (Å²) in [5.41, 5.74) is 3.43. The van der Waals surface area contributed by atoms with Gasteiger partial charge in [-0.2, -0.15) is 0 Å². The largest absolute Gasteiger partial charge is 0.376 e. The molecule has 0 radical (unpaired) electrons. The molecule has 178 valence electrons. The van der Waals surface area contributed by atoms with Crippen molar-refractivity contribution in [3.8, 4) is 0 Å². The number of hydrogen-bond donors (Lipinski definition) is 4. The first kappa shape index (κ1) is 23.3. The van der Waals surface area contributed by atoms with Crippen LogP contribution >= 0.6 is 0 Å². The topological polar surface area (TPSA) is 128 Å². The lowest BCUT2D eigenvalue weighted by molar-refractivity contribution is -0.137. The molecule has 1 saturated heterocycles. The van der Waals surface area contributed by atoms with E-state index in [0.717, 1.165) is 0 Å². The first-order chi connectivity index (χ1) is 16.2. The molecule has 0 spiro atoms. The highest BCUT2D eigenvalue weighted by molar-refractivity contribution is 6.44. The minimum absolute atomic E-state index is 0.0233. The lowest BCUT2D eigenvalue weighted by Gasteiger charge is -2.25. The number of hydrogen-bond acceptors (Lipinski definition) is 5. The van der Waals surface area contributed by atoms with Crippen LogP contribution in [0.4, 0.5) is 14.5 Å². The number of nitrogens with one attached hydrogen (secondary N) is 3. The van der Waals surface area contributed by atoms with E-state index in [-0.39, 0.29) is 35.7 Å². The van der Waals surface area contributed by atoms with Crippen LogP contribution in [0, 0.1) is 11.2 Å². The Balaban J connectivity index is 1.37. The van der Waals surface area contributed by atoms with E-state index in [9.17, 15) is 18.8 Å². The Kier molecular flexibility index (Phi) is 6.32. The maximum Gasteiger partial charge on any atom is 0.267 e. The fourth-order valence-electron chi connectivity index (χ4n) is 4.37. The number of nitrogens with zero attached hydrogens (tertiary/aromatic N) is 1. The summed E-state index contributed by atoms with van der Waals surface area (Å²) in [6.07, 6.45) is 1.03. The third kappa shape index (κ3) is 4.48. The summed E-state index contributed by atoms with van der Waals surface area (Å²) in [7, 11) is 0. The lowest BCUT2D eigenvalue weighted by Crippen LogP contribution is -2.48. The van der Waals surface area contributed by atoms with Crippen molar-refractivity contribution >= 4 is 29.1 Å². The highest BCUT2D eigenvalue weighted by Crippen LogP contribution is 2.50. The molecule has 3 amide bonds. The van der Waals surface area contributed by atoms with Crippen molar-refractivity contribution in [1.82, 2.24) is 10.2 Å². The third-order valence-electron chi connectivity index (χ3n) is 6.28. The first-order valence-corrected chi connectivity index (χ1v) is 11.0. The van der Waals surface area contributed by atoms with Crippen molar-refractivity contribution in [3.63, 3.8) is 0 Å². The molecule has 2 fully saturated rings. The number of alkyl halides is 1. The molecule has 5 N–H and O–H groups in total. The van der Waals surface area contributed by atoms with Gasteiger partial charge in [0.25, 0.3) is 5.91 Å². The van der Waals surface area contributed by atoms with E-state index in [0.29, 0.717) is 25.1 Å². The van der Waals surface area contributed by atoms with Crippen molar-refractivity contribution in [3.05, 3.63) is 65.5 Å². The number of nitrogens with two attached hydrogens (primary N) is 1. The number of amides is 3. The van der Waals surface area contributed by atoms with Gasteiger partial charge < -0.3 is 21.3 Å². The molecular formula is C24H25F2N5O3. The van der Waals surface area contributed by atoms with Crippen molar-refractivity contribution in [2.75, 3.05) is 18.4 Å². The zero-order valence-electron chi connectivity index (χ0n) is 18.3. The lowest BCUT2D eigenvalue weighted by atomic mass is 10.1. The molecule has 8 nitrogen and oxygen atoms in total. The van der Waals surface area contributed by atoms with Crippen molar-refractivity contribution in [2.45, 2.75) is 37.0 Å². The maximum absolute atomic E-state index is 15.1. The number of primary amides is 1. The minimum Gasteiger partial charge on any atom is -0.376 e. The predicted molar refractivity (Wildman–Crippen MR) is 121 cm³/mol. The van der Waals surface area contributed by atoms with Gasteiger partial charge in [0.2, 0.25) is 11.8 Å². The summed E-state index contributed by atoms with van der Waals surface area (Å²) in [6, 6.07) is 10.5. The van der Waals surface area contributed by atoms with Gasteiger partial charge in [0.15, 0.2) is 5.67 Å². The zero-order valence-corrected chi connectivity index (χ0v) is 18.3. The monoisotopic (exact) mass is 469 g/mol. The molecule has 2 aliphatic rings. The number of likely N-dealkylation sites (tertiary alicyclic amines) is 1. The van der Waals surface area contributed by atoms with Crippen LogP contribution < -0.4 is 16.4 Å². The maximum atomic E-state index is 15.1.